The zero-order valence-electron chi connectivity index (χ0n) is 18.6. The Kier molecular flexibility index (Phi) is 9.85. The first-order valence-corrected chi connectivity index (χ1v) is 11.3. The largest absolute Gasteiger partial charge is 0.497 e. The highest BCUT2D eigenvalue weighted by molar-refractivity contribution is 9.10. The molecule has 0 radical (unpaired) electrons. The van der Waals surface area contributed by atoms with Crippen LogP contribution in [0.3, 0.4) is 0 Å². The Bertz CT molecular complexity index is 870. The number of carbonyl (C=O) groups excluding carboxylic acids is 2. The second kappa shape index (κ2) is 12.3. The van der Waals surface area contributed by atoms with Gasteiger partial charge in [-0.2, -0.15) is 0 Å². The fraction of sp³-hybridized carbons (Fsp3) is 0.417. The van der Waals surface area contributed by atoms with Gasteiger partial charge in [0, 0.05) is 17.6 Å². The van der Waals surface area contributed by atoms with E-state index in [2.05, 4.69) is 21.2 Å². The maximum absolute atomic E-state index is 13.2. The number of carbonyl (C=O) groups is 2. The first-order chi connectivity index (χ1) is 14.9. The number of nitrogens with one attached hydrogen (secondary N) is 1. The van der Waals surface area contributed by atoms with Gasteiger partial charge in [0.15, 0.2) is 6.61 Å². The molecule has 0 aliphatic heterocycles. The van der Waals surface area contributed by atoms with Crippen LogP contribution in [0.5, 0.6) is 11.5 Å². The van der Waals surface area contributed by atoms with Gasteiger partial charge in [0.25, 0.3) is 5.91 Å². The van der Waals surface area contributed by atoms with E-state index in [9.17, 15) is 9.59 Å². The highest BCUT2D eigenvalue weighted by atomic mass is 79.9. The summed E-state index contributed by atoms with van der Waals surface area (Å²) in [5.41, 5.74) is 1.93. The van der Waals surface area contributed by atoms with Crippen molar-refractivity contribution in [3.63, 3.8) is 0 Å². The second-order valence-electron chi connectivity index (χ2n) is 7.28. The van der Waals surface area contributed by atoms with Gasteiger partial charge in [0.2, 0.25) is 5.91 Å². The lowest BCUT2D eigenvalue weighted by Crippen LogP contribution is -2.50. The van der Waals surface area contributed by atoms with E-state index in [1.807, 2.05) is 63.2 Å². The van der Waals surface area contributed by atoms with Gasteiger partial charge in [-0.1, -0.05) is 41.9 Å². The molecule has 0 unspecified atom stereocenters. The molecule has 2 amide bonds. The summed E-state index contributed by atoms with van der Waals surface area (Å²) >= 11 is 3.46. The quantitative estimate of drug-likeness (QED) is 0.504. The number of ether oxygens (including phenoxy) is 2. The van der Waals surface area contributed by atoms with Crippen LogP contribution < -0.4 is 14.8 Å². The molecule has 0 bridgehead atoms. The first kappa shape index (κ1) is 24.7. The van der Waals surface area contributed by atoms with E-state index in [-0.39, 0.29) is 18.4 Å². The predicted octanol–water partition coefficient (Wildman–Crippen LogP) is 4.48. The Morgan fingerprint density at radius 1 is 1.10 bits per heavy atom. The van der Waals surface area contributed by atoms with Crippen molar-refractivity contribution in [2.24, 2.45) is 0 Å². The van der Waals surface area contributed by atoms with Crippen LogP contribution in [0.2, 0.25) is 0 Å². The third kappa shape index (κ3) is 7.28. The van der Waals surface area contributed by atoms with Crippen molar-refractivity contribution in [2.75, 3.05) is 20.3 Å². The van der Waals surface area contributed by atoms with Gasteiger partial charge in [0.05, 0.1) is 7.11 Å². The van der Waals surface area contributed by atoms with Crippen molar-refractivity contribution in [3.8, 4) is 11.5 Å². The third-order valence-electron chi connectivity index (χ3n) is 4.94. The van der Waals surface area contributed by atoms with Crippen molar-refractivity contribution < 1.29 is 19.1 Å². The molecule has 2 rings (SSSR count). The van der Waals surface area contributed by atoms with Gasteiger partial charge in [-0.15, -0.1) is 0 Å². The lowest BCUT2D eigenvalue weighted by Gasteiger charge is -2.30. The molecule has 7 heteroatoms. The summed E-state index contributed by atoms with van der Waals surface area (Å²) in [4.78, 5) is 27.5. The Morgan fingerprint density at radius 3 is 2.35 bits per heavy atom. The van der Waals surface area contributed by atoms with Crippen LogP contribution in [0.4, 0.5) is 0 Å². The van der Waals surface area contributed by atoms with Crippen LogP contribution in [-0.2, 0) is 16.1 Å². The molecule has 2 aromatic rings. The molecule has 0 fully saturated rings. The number of halogens is 1. The number of benzene rings is 2. The monoisotopic (exact) mass is 490 g/mol. The lowest BCUT2D eigenvalue weighted by atomic mass is 10.1. The number of nitrogens with zero attached hydrogens (tertiary/aromatic N) is 1. The average Bonchev–Trinajstić information content (AvgIpc) is 2.78. The lowest BCUT2D eigenvalue weighted by molar-refractivity contribution is -0.143. The van der Waals surface area contributed by atoms with Crippen molar-refractivity contribution in [1.29, 1.82) is 0 Å². The molecule has 2 aromatic carbocycles. The molecular formula is C24H31BrN2O4. The van der Waals surface area contributed by atoms with Gasteiger partial charge in [-0.3, -0.25) is 9.59 Å². The van der Waals surface area contributed by atoms with Crippen LogP contribution in [0.1, 0.15) is 37.8 Å². The SMILES string of the molecule is CCCNC(=O)[C@@H](CC)N(Cc1ccc(OC)cc1)C(=O)COc1ccc(Br)c(C)c1. The Hall–Kier alpha value is -2.54. The van der Waals surface area contributed by atoms with Crippen molar-refractivity contribution >= 4 is 27.7 Å². The number of amides is 2. The number of hydrogen-bond acceptors (Lipinski definition) is 4. The van der Waals surface area contributed by atoms with Gasteiger partial charge in [0.1, 0.15) is 17.5 Å². The van der Waals surface area contributed by atoms with Crippen molar-refractivity contribution in [1.82, 2.24) is 10.2 Å². The van der Waals surface area contributed by atoms with E-state index in [4.69, 9.17) is 9.47 Å². The minimum Gasteiger partial charge on any atom is -0.497 e. The summed E-state index contributed by atoms with van der Waals surface area (Å²) in [6, 6.07) is 12.5. The van der Waals surface area contributed by atoms with Crippen LogP contribution in [0.15, 0.2) is 46.9 Å². The molecule has 0 heterocycles. The number of methoxy groups -OCH3 is 1. The summed E-state index contributed by atoms with van der Waals surface area (Å²) in [7, 11) is 1.61. The summed E-state index contributed by atoms with van der Waals surface area (Å²) in [5, 5.41) is 2.91. The van der Waals surface area contributed by atoms with E-state index in [0.717, 1.165) is 27.8 Å². The predicted molar refractivity (Wildman–Crippen MR) is 125 cm³/mol. The molecule has 1 atom stereocenters. The maximum Gasteiger partial charge on any atom is 0.261 e. The Labute approximate surface area is 193 Å². The van der Waals surface area contributed by atoms with E-state index in [0.29, 0.717) is 25.3 Å². The zero-order valence-corrected chi connectivity index (χ0v) is 20.2. The van der Waals surface area contributed by atoms with Gasteiger partial charge in [-0.25, -0.2) is 0 Å². The van der Waals surface area contributed by atoms with Crippen LogP contribution in [-0.4, -0.2) is 43.0 Å². The highest BCUT2D eigenvalue weighted by Crippen LogP contribution is 2.22. The molecule has 1 N–H and O–H groups in total. The average molecular weight is 491 g/mol. The topological polar surface area (TPSA) is 67.9 Å². The fourth-order valence-corrected chi connectivity index (χ4v) is 3.39. The molecule has 0 spiro atoms. The molecule has 168 valence electrons. The molecule has 0 aliphatic carbocycles. The highest BCUT2D eigenvalue weighted by Gasteiger charge is 2.28. The zero-order chi connectivity index (χ0) is 22.8. The van der Waals surface area contributed by atoms with Gasteiger partial charge >= 0.3 is 0 Å². The first-order valence-electron chi connectivity index (χ1n) is 10.5. The number of rotatable bonds is 11. The van der Waals surface area contributed by atoms with Gasteiger partial charge in [-0.05, 0) is 61.2 Å². The van der Waals surface area contributed by atoms with Crippen LogP contribution in [0, 0.1) is 6.92 Å². The van der Waals surface area contributed by atoms with Crippen LogP contribution >= 0.6 is 15.9 Å². The Morgan fingerprint density at radius 2 is 1.77 bits per heavy atom. The molecule has 31 heavy (non-hydrogen) atoms. The standard InChI is InChI=1S/C24H31BrN2O4/c1-5-13-26-24(29)22(6-2)27(15-18-7-9-19(30-4)10-8-18)23(28)16-31-20-11-12-21(25)17(3)14-20/h7-12,14,22H,5-6,13,15-16H2,1-4H3,(H,26,29)/t22-/m1/s1. The Balaban J connectivity index is 2.19. The fourth-order valence-electron chi connectivity index (χ4n) is 3.15. The van der Waals surface area contributed by atoms with E-state index < -0.39 is 6.04 Å². The number of hydrogen-bond donors (Lipinski definition) is 1. The number of aryl methyl sites for hydroxylation is 1. The summed E-state index contributed by atoms with van der Waals surface area (Å²) in [5.74, 6) is 0.964. The molecule has 0 saturated heterocycles. The minimum atomic E-state index is -0.573. The molecule has 6 nitrogen and oxygen atoms in total. The van der Waals surface area contributed by atoms with E-state index in [1.54, 1.807) is 12.0 Å². The normalized spacial score (nSPS) is 11.5. The molecule has 0 saturated carbocycles. The second-order valence-corrected chi connectivity index (χ2v) is 8.14. The summed E-state index contributed by atoms with van der Waals surface area (Å²) < 4.78 is 11.9. The third-order valence-corrected chi connectivity index (χ3v) is 5.83. The van der Waals surface area contributed by atoms with E-state index >= 15 is 0 Å². The van der Waals surface area contributed by atoms with Crippen molar-refractivity contribution in [3.05, 3.63) is 58.1 Å². The molecular weight excluding hydrogens is 460 g/mol. The smallest absolute Gasteiger partial charge is 0.261 e. The van der Waals surface area contributed by atoms with E-state index in [1.165, 1.54) is 0 Å². The molecule has 0 aromatic heterocycles. The maximum atomic E-state index is 13.2. The summed E-state index contributed by atoms with van der Waals surface area (Å²) in [6.07, 6.45) is 1.34. The molecule has 0 aliphatic rings. The van der Waals surface area contributed by atoms with Crippen molar-refractivity contribution in [2.45, 2.75) is 46.2 Å². The summed E-state index contributed by atoms with van der Waals surface area (Å²) in [6.45, 7) is 6.60. The minimum absolute atomic E-state index is 0.144. The van der Waals surface area contributed by atoms with Crippen LogP contribution in [0.25, 0.3) is 0 Å². The van der Waals surface area contributed by atoms with Gasteiger partial charge < -0.3 is 19.7 Å².